The molecule has 0 atom stereocenters. The van der Waals surface area contributed by atoms with Crippen LogP contribution in [0.1, 0.15) is 11.1 Å². The van der Waals surface area contributed by atoms with Crippen molar-refractivity contribution < 1.29 is 9.53 Å². The minimum Gasteiger partial charge on any atom is -0.484 e. The molecule has 0 aliphatic carbocycles. The Morgan fingerprint density at radius 3 is 2.67 bits per heavy atom. The molecule has 2 rings (SSSR count). The molecule has 110 valence electrons. The Kier molecular flexibility index (Phi) is 5.21. The molecule has 3 N–H and O–H groups in total. The zero-order valence-corrected chi connectivity index (χ0v) is 12.1. The third kappa shape index (κ3) is 5.18. The van der Waals surface area contributed by atoms with Crippen LogP contribution < -0.4 is 15.8 Å². The van der Waals surface area contributed by atoms with Gasteiger partial charge in [0.25, 0.3) is 5.91 Å². The molecule has 0 radical (unpaired) electrons. The number of amides is 1. The van der Waals surface area contributed by atoms with Gasteiger partial charge in [-0.05, 0) is 43.2 Å². The highest BCUT2D eigenvalue weighted by atomic mass is 16.5. The molecule has 0 heterocycles. The highest BCUT2D eigenvalue weighted by Gasteiger charge is 2.02. The quantitative estimate of drug-likeness (QED) is 0.800. The van der Waals surface area contributed by atoms with E-state index in [4.69, 9.17) is 10.5 Å². The lowest BCUT2D eigenvalue weighted by molar-refractivity contribution is -0.123. The van der Waals surface area contributed by atoms with Crippen LogP contribution in [-0.2, 0) is 11.2 Å². The number of hydrogen-bond acceptors (Lipinski definition) is 3. The molecule has 0 saturated carbocycles. The molecule has 0 unspecified atom stereocenters. The Balaban J connectivity index is 1.69. The van der Waals surface area contributed by atoms with E-state index in [1.165, 1.54) is 11.1 Å². The van der Waals surface area contributed by atoms with Gasteiger partial charge in [0.2, 0.25) is 0 Å². The average Bonchev–Trinajstić information content (AvgIpc) is 2.47. The van der Waals surface area contributed by atoms with Gasteiger partial charge in [0.1, 0.15) is 5.75 Å². The fourth-order valence-electron chi connectivity index (χ4n) is 1.98. The van der Waals surface area contributed by atoms with Crippen LogP contribution in [0.25, 0.3) is 0 Å². The van der Waals surface area contributed by atoms with Crippen molar-refractivity contribution in [1.29, 1.82) is 0 Å². The van der Waals surface area contributed by atoms with Crippen molar-refractivity contribution in [2.24, 2.45) is 0 Å². The van der Waals surface area contributed by atoms with E-state index in [0.717, 1.165) is 6.42 Å². The number of carbonyl (C=O) groups is 1. The molecule has 1 amide bonds. The van der Waals surface area contributed by atoms with Gasteiger partial charge in [0.15, 0.2) is 6.61 Å². The summed E-state index contributed by atoms with van der Waals surface area (Å²) in [4.78, 5) is 11.7. The van der Waals surface area contributed by atoms with Crippen LogP contribution in [0.2, 0.25) is 0 Å². The zero-order chi connectivity index (χ0) is 15.1. The highest BCUT2D eigenvalue weighted by Crippen LogP contribution is 2.12. The van der Waals surface area contributed by atoms with Gasteiger partial charge in [0, 0.05) is 12.2 Å². The minimum absolute atomic E-state index is 0.0116. The summed E-state index contributed by atoms with van der Waals surface area (Å²) < 4.78 is 5.38. The topological polar surface area (TPSA) is 64.3 Å². The molecule has 0 saturated heterocycles. The largest absolute Gasteiger partial charge is 0.484 e. The van der Waals surface area contributed by atoms with Gasteiger partial charge in [0.05, 0.1) is 0 Å². The standard InChI is InChI=1S/C17H20N2O2/c1-13-3-2-4-14(11-13)9-10-19-17(20)12-21-16-7-5-15(18)6-8-16/h2-8,11H,9-10,12,18H2,1H3,(H,19,20). The maximum atomic E-state index is 11.7. The van der Waals surface area contributed by atoms with Crippen LogP contribution in [0.5, 0.6) is 5.75 Å². The number of rotatable bonds is 6. The smallest absolute Gasteiger partial charge is 0.257 e. The molecule has 0 aliphatic heterocycles. The van der Waals surface area contributed by atoms with E-state index in [1.807, 2.05) is 6.07 Å². The molecule has 2 aromatic rings. The van der Waals surface area contributed by atoms with Crippen LogP contribution in [0, 0.1) is 6.92 Å². The number of hydrogen-bond donors (Lipinski definition) is 2. The first-order valence-electron chi connectivity index (χ1n) is 6.94. The maximum Gasteiger partial charge on any atom is 0.257 e. The lowest BCUT2D eigenvalue weighted by Crippen LogP contribution is -2.30. The number of nitrogens with two attached hydrogens (primary N) is 1. The van der Waals surface area contributed by atoms with Gasteiger partial charge in [-0.1, -0.05) is 29.8 Å². The van der Waals surface area contributed by atoms with Crippen molar-refractivity contribution in [2.75, 3.05) is 18.9 Å². The molecule has 0 bridgehead atoms. The number of nitrogen functional groups attached to an aromatic ring is 1. The molecule has 0 aliphatic rings. The number of nitrogens with one attached hydrogen (secondary N) is 1. The first-order valence-corrected chi connectivity index (χ1v) is 6.94. The number of ether oxygens (including phenoxy) is 1. The third-order valence-electron chi connectivity index (χ3n) is 3.07. The van der Waals surface area contributed by atoms with Crippen LogP contribution in [0.3, 0.4) is 0 Å². The fraction of sp³-hybridized carbons (Fsp3) is 0.235. The number of anilines is 1. The lowest BCUT2D eigenvalue weighted by Gasteiger charge is -2.08. The summed E-state index contributed by atoms with van der Waals surface area (Å²) in [5.74, 6) is 0.512. The van der Waals surface area contributed by atoms with Gasteiger partial charge in [-0.15, -0.1) is 0 Å². The summed E-state index contributed by atoms with van der Waals surface area (Å²) in [7, 11) is 0. The van der Waals surface area contributed by atoms with Crippen molar-refractivity contribution in [3.8, 4) is 5.75 Å². The summed E-state index contributed by atoms with van der Waals surface area (Å²) in [5, 5.41) is 2.84. The zero-order valence-electron chi connectivity index (χ0n) is 12.1. The Bertz CT molecular complexity index is 594. The minimum atomic E-state index is -0.125. The van der Waals surface area contributed by atoms with Crippen LogP contribution >= 0.6 is 0 Å². The molecule has 2 aromatic carbocycles. The van der Waals surface area contributed by atoms with Gasteiger partial charge >= 0.3 is 0 Å². The van der Waals surface area contributed by atoms with E-state index >= 15 is 0 Å². The van der Waals surface area contributed by atoms with Gasteiger partial charge < -0.3 is 15.8 Å². The summed E-state index contributed by atoms with van der Waals surface area (Å²) in [6.45, 7) is 2.67. The summed E-state index contributed by atoms with van der Waals surface area (Å²) in [6, 6.07) is 15.2. The van der Waals surface area contributed by atoms with Gasteiger partial charge in [-0.25, -0.2) is 0 Å². The first kappa shape index (κ1) is 14.9. The summed E-state index contributed by atoms with van der Waals surface area (Å²) in [5.41, 5.74) is 8.70. The number of benzene rings is 2. The maximum absolute atomic E-state index is 11.7. The van der Waals surface area contributed by atoms with Crippen molar-refractivity contribution in [1.82, 2.24) is 5.32 Å². The van der Waals surface area contributed by atoms with Crippen LogP contribution in [-0.4, -0.2) is 19.1 Å². The van der Waals surface area contributed by atoms with Crippen molar-refractivity contribution in [3.05, 3.63) is 59.7 Å². The Morgan fingerprint density at radius 1 is 1.19 bits per heavy atom. The number of carbonyl (C=O) groups excluding carboxylic acids is 1. The Labute approximate surface area is 124 Å². The summed E-state index contributed by atoms with van der Waals surface area (Å²) in [6.07, 6.45) is 0.815. The molecular formula is C17H20N2O2. The van der Waals surface area contributed by atoms with Crippen LogP contribution in [0.4, 0.5) is 5.69 Å². The molecule has 4 nitrogen and oxygen atoms in total. The Hall–Kier alpha value is -2.49. The predicted molar refractivity (Wildman–Crippen MR) is 84.2 cm³/mol. The normalized spacial score (nSPS) is 10.1. The lowest BCUT2D eigenvalue weighted by atomic mass is 10.1. The van der Waals surface area contributed by atoms with E-state index in [0.29, 0.717) is 18.0 Å². The molecule has 21 heavy (non-hydrogen) atoms. The van der Waals surface area contributed by atoms with Crippen molar-refractivity contribution >= 4 is 11.6 Å². The molecule has 0 spiro atoms. The number of aryl methyl sites for hydroxylation is 1. The summed E-state index contributed by atoms with van der Waals surface area (Å²) >= 11 is 0. The SMILES string of the molecule is Cc1cccc(CCNC(=O)COc2ccc(N)cc2)c1. The van der Waals surface area contributed by atoms with E-state index in [2.05, 4.69) is 30.4 Å². The van der Waals surface area contributed by atoms with Crippen molar-refractivity contribution in [3.63, 3.8) is 0 Å². The monoisotopic (exact) mass is 284 g/mol. The van der Waals surface area contributed by atoms with Gasteiger partial charge in [-0.3, -0.25) is 4.79 Å². The molecular weight excluding hydrogens is 264 g/mol. The molecule has 4 heteroatoms. The molecule has 0 fully saturated rings. The highest BCUT2D eigenvalue weighted by molar-refractivity contribution is 5.77. The van der Waals surface area contributed by atoms with E-state index in [-0.39, 0.29) is 12.5 Å². The Morgan fingerprint density at radius 2 is 1.95 bits per heavy atom. The van der Waals surface area contributed by atoms with Crippen LogP contribution in [0.15, 0.2) is 48.5 Å². The fourth-order valence-corrected chi connectivity index (χ4v) is 1.98. The first-order chi connectivity index (χ1) is 10.1. The van der Waals surface area contributed by atoms with E-state index in [9.17, 15) is 4.79 Å². The second-order valence-corrected chi connectivity index (χ2v) is 4.95. The van der Waals surface area contributed by atoms with E-state index < -0.39 is 0 Å². The second-order valence-electron chi connectivity index (χ2n) is 4.95. The second kappa shape index (κ2) is 7.33. The predicted octanol–water partition coefficient (Wildman–Crippen LogP) is 2.31. The molecule has 0 aromatic heterocycles. The van der Waals surface area contributed by atoms with E-state index in [1.54, 1.807) is 24.3 Å². The average molecular weight is 284 g/mol. The third-order valence-corrected chi connectivity index (χ3v) is 3.07. The van der Waals surface area contributed by atoms with Gasteiger partial charge in [-0.2, -0.15) is 0 Å². The van der Waals surface area contributed by atoms with Crippen molar-refractivity contribution in [2.45, 2.75) is 13.3 Å².